The Hall–Kier alpha value is -0.580. The Balaban J connectivity index is 0.00000120. The standard InChI is InChI=1S/C13H18N2OS.ClH/c16-13(8-14-7-10-1-2-10)15-5-3-12-11(9-15)4-6-17-12;/h4,6,10,14H,1-3,5,7-9H2;1H. The van der Waals surface area contributed by atoms with Gasteiger partial charge in [0.25, 0.3) is 0 Å². The molecule has 1 N–H and O–H groups in total. The maximum absolute atomic E-state index is 12.0. The second-order valence-corrected chi connectivity index (χ2v) is 6.01. The lowest BCUT2D eigenvalue weighted by Gasteiger charge is -2.27. The largest absolute Gasteiger partial charge is 0.337 e. The maximum Gasteiger partial charge on any atom is 0.236 e. The normalized spacial score (nSPS) is 18.1. The topological polar surface area (TPSA) is 32.3 Å². The van der Waals surface area contributed by atoms with Gasteiger partial charge in [-0.2, -0.15) is 0 Å². The van der Waals surface area contributed by atoms with Gasteiger partial charge in [-0.1, -0.05) is 0 Å². The van der Waals surface area contributed by atoms with Crippen LogP contribution in [0.4, 0.5) is 0 Å². The van der Waals surface area contributed by atoms with Gasteiger partial charge in [0.05, 0.1) is 6.54 Å². The van der Waals surface area contributed by atoms with Gasteiger partial charge in [0, 0.05) is 18.0 Å². The highest BCUT2D eigenvalue weighted by Gasteiger charge is 2.23. The molecule has 0 atom stereocenters. The van der Waals surface area contributed by atoms with Crippen molar-refractivity contribution in [2.45, 2.75) is 25.8 Å². The van der Waals surface area contributed by atoms with E-state index in [0.29, 0.717) is 6.54 Å². The highest BCUT2D eigenvalue weighted by Crippen LogP contribution is 2.27. The molecule has 0 unspecified atom stereocenters. The van der Waals surface area contributed by atoms with Gasteiger partial charge in [0.1, 0.15) is 0 Å². The van der Waals surface area contributed by atoms with Crippen molar-refractivity contribution in [3.63, 3.8) is 0 Å². The van der Waals surface area contributed by atoms with Crippen LogP contribution in [0.1, 0.15) is 23.3 Å². The molecule has 0 bridgehead atoms. The van der Waals surface area contributed by atoms with Gasteiger partial charge in [-0.05, 0) is 48.7 Å². The van der Waals surface area contributed by atoms with Crippen molar-refractivity contribution in [1.82, 2.24) is 10.2 Å². The van der Waals surface area contributed by atoms with Gasteiger partial charge in [-0.25, -0.2) is 0 Å². The molecule has 1 aliphatic heterocycles. The zero-order chi connectivity index (χ0) is 11.7. The third kappa shape index (κ3) is 3.25. The molecule has 0 saturated heterocycles. The maximum atomic E-state index is 12.0. The molecule has 3 rings (SSSR count). The van der Waals surface area contributed by atoms with E-state index in [2.05, 4.69) is 16.8 Å². The first-order chi connectivity index (χ1) is 8.33. The zero-order valence-corrected chi connectivity index (χ0v) is 12.0. The molecule has 0 aromatic carbocycles. The number of fused-ring (bicyclic) bond motifs is 1. The molecule has 18 heavy (non-hydrogen) atoms. The van der Waals surface area contributed by atoms with Gasteiger partial charge >= 0.3 is 0 Å². The van der Waals surface area contributed by atoms with Crippen LogP contribution in [0.3, 0.4) is 0 Å². The van der Waals surface area contributed by atoms with Crippen LogP contribution < -0.4 is 5.32 Å². The van der Waals surface area contributed by atoms with Crippen molar-refractivity contribution in [3.05, 3.63) is 21.9 Å². The van der Waals surface area contributed by atoms with E-state index in [1.165, 1.54) is 23.3 Å². The fraction of sp³-hybridized carbons (Fsp3) is 0.615. The van der Waals surface area contributed by atoms with E-state index in [4.69, 9.17) is 0 Å². The molecule has 100 valence electrons. The third-order valence-corrected chi connectivity index (χ3v) is 4.59. The van der Waals surface area contributed by atoms with Crippen molar-refractivity contribution in [2.75, 3.05) is 19.6 Å². The highest BCUT2D eigenvalue weighted by atomic mass is 35.5. The van der Waals surface area contributed by atoms with Gasteiger partial charge in [0.15, 0.2) is 0 Å². The first-order valence-corrected chi connectivity index (χ1v) is 7.24. The van der Waals surface area contributed by atoms with E-state index in [1.807, 2.05) is 16.2 Å². The van der Waals surface area contributed by atoms with Gasteiger partial charge < -0.3 is 10.2 Å². The molecule has 1 fully saturated rings. The summed E-state index contributed by atoms with van der Waals surface area (Å²) in [5.74, 6) is 1.09. The molecular formula is C13H19ClN2OS. The summed E-state index contributed by atoms with van der Waals surface area (Å²) in [6.45, 7) is 3.22. The molecule has 3 nitrogen and oxygen atoms in total. The summed E-state index contributed by atoms with van der Waals surface area (Å²) in [6.07, 6.45) is 3.70. The summed E-state index contributed by atoms with van der Waals surface area (Å²) in [6, 6.07) is 2.15. The SMILES string of the molecule is Cl.O=C(CNCC1CC1)N1CCc2sccc2C1. The van der Waals surface area contributed by atoms with Crippen molar-refractivity contribution in [1.29, 1.82) is 0 Å². The number of nitrogens with zero attached hydrogens (tertiary/aromatic N) is 1. The summed E-state index contributed by atoms with van der Waals surface area (Å²) in [5.41, 5.74) is 1.34. The summed E-state index contributed by atoms with van der Waals surface area (Å²) in [7, 11) is 0. The van der Waals surface area contributed by atoms with Crippen LogP contribution in [0.25, 0.3) is 0 Å². The van der Waals surface area contributed by atoms with E-state index >= 15 is 0 Å². The van der Waals surface area contributed by atoms with Gasteiger partial charge in [-0.3, -0.25) is 4.79 Å². The predicted octanol–water partition coefficient (Wildman–Crippen LogP) is 2.05. The Morgan fingerprint density at radius 3 is 3.11 bits per heavy atom. The first-order valence-electron chi connectivity index (χ1n) is 6.36. The van der Waals surface area contributed by atoms with E-state index in [9.17, 15) is 4.79 Å². The average molecular weight is 287 g/mol. The number of amides is 1. The molecule has 1 aromatic rings. The van der Waals surface area contributed by atoms with Crippen LogP contribution in [0.5, 0.6) is 0 Å². The zero-order valence-electron chi connectivity index (χ0n) is 10.4. The Labute approximate surface area is 118 Å². The second-order valence-electron chi connectivity index (χ2n) is 5.01. The molecule has 0 radical (unpaired) electrons. The van der Waals surface area contributed by atoms with Crippen molar-refractivity contribution >= 4 is 29.7 Å². The molecule has 1 aliphatic carbocycles. The molecular weight excluding hydrogens is 268 g/mol. The Bertz CT molecular complexity index is 417. The Kier molecular flexibility index (Phi) is 4.65. The van der Waals surface area contributed by atoms with Crippen LogP contribution in [0, 0.1) is 5.92 Å². The predicted molar refractivity (Wildman–Crippen MR) is 76.3 cm³/mol. The molecule has 5 heteroatoms. The van der Waals surface area contributed by atoms with Crippen LogP contribution in [0.2, 0.25) is 0 Å². The quantitative estimate of drug-likeness (QED) is 0.919. The summed E-state index contributed by atoms with van der Waals surface area (Å²) >= 11 is 1.82. The van der Waals surface area contributed by atoms with Crippen molar-refractivity contribution in [2.24, 2.45) is 5.92 Å². The minimum absolute atomic E-state index is 0. The minimum atomic E-state index is 0. The van der Waals surface area contributed by atoms with E-state index < -0.39 is 0 Å². The smallest absolute Gasteiger partial charge is 0.236 e. The third-order valence-electron chi connectivity index (χ3n) is 3.57. The number of halogens is 1. The number of hydrogen-bond acceptors (Lipinski definition) is 3. The van der Waals surface area contributed by atoms with E-state index in [-0.39, 0.29) is 18.3 Å². The van der Waals surface area contributed by atoms with Crippen LogP contribution >= 0.6 is 23.7 Å². The van der Waals surface area contributed by atoms with Crippen LogP contribution in [0.15, 0.2) is 11.4 Å². The second kappa shape index (κ2) is 6.04. The molecule has 2 aliphatic rings. The molecule has 1 saturated carbocycles. The fourth-order valence-corrected chi connectivity index (χ4v) is 3.17. The number of hydrogen-bond donors (Lipinski definition) is 1. The summed E-state index contributed by atoms with van der Waals surface area (Å²) < 4.78 is 0. The summed E-state index contributed by atoms with van der Waals surface area (Å²) in [5, 5.41) is 5.40. The number of rotatable bonds is 4. The monoisotopic (exact) mass is 286 g/mol. The molecule has 1 amide bonds. The van der Waals surface area contributed by atoms with Gasteiger partial charge in [-0.15, -0.1) is 23.7 Å². The minimum Gasteiger partial charge on any atom is -0.337 e. The molecule has 0 spiro atoms. The Morgan fingerprint density at radius 1 is 1.50 bits per heavy atom. The van der Waals surface area contributed by atoms with E-state index in [0.717, 1.165) is 32.0 Å². The highest BCUT2D eigenvalue weighted by molar-refractivity contribution is 7.10. The lowest BCUT2D eigenvalue weighted by molar-refractivity contribution is -0.131. The number of thiophene rings is 1. The van der Waals surface area contributed by atoms with Crippen molar-refractivity contribution in [3.8, 4) is 0 Å². The number of nitrogens with one attached hydrogen (secondary N) is 1. The van der Waals surface area contributed by atoms with Crippen LogP contribution in [-0.2, 0) is 17.8 Å². The fourth-order valence-electron chi connectivity index (χ4n) is 2.28. The lowest BCUT2D eigenvalue weighted by Crippen LogP contribution is -2.41. The first kappa shape index (κ1) is 13.8. The van der Waals surface area contributed by atoms with Gasteiger partial charge in [0.2, 0.25) is 5.91 Å². The molecule has 2 heterocycles. The Morgan fingerprint density at radius 2 is 2.33 bits per heavy atom. The lowest BCUT2D eigenvalue weighted by atomic mass is 10.1. The summed E-state index contributed by atoms with van der Waals surface area (Å²) in [4.78, 5) is 15.4. The number of carbonyl (C=O) groups is 1. The molecule has 1 aromatic heterocycles. The number of carbonyl (C=O) groups excluding carboxylic acids is 1. The van der Waals surface area contributed by atoms with Crippen molar-refractivity contribution < 1.29 is 4.79 Å². The van der Waals surface area contributed by atoms with Crippen LogP contribution in [-0.4, -0.2) is 30.4 Å². The van der Waals surface area contributed by atoms with E-state index in [1.54, 1.807) is 0 Å². The average Bonchev–Trinajstić information content (AvgIpc) is 3.04.